The zero-order valence-corrected chi connectivity index (χ0v) is 75.8. The lowest BCUT2D eigenvalue weighted by Gasteiger charge is -2.39. The molecule has 10 heterocycles. The normalized spacial score (nSPS) is 19.5. The van der Waals surface area contributed by atoms with Crippen LogP contribution in [-0.4, -0.2) is 233 Å². The van der Waals surface area contributed by atoms with Crippen molar-refractivity contribution in [1.82, 2.24) is 53.9 Å². The molecule has 4 fully saturated rings. The fourth-order valence-corrected chi connectivity index (χ4v) is 20.5. The molecule has 35 heteroatoms. The van der Waals surface area contributed by atoms with E-state index in [0.717, 1.165) is 193 Å². The van der Waals surface area contributed by atoms with Crippen LogP contribution in [0.4, 0.5) is 22.7 Å². The fraction of sp³-hybridized carbons (Fsp3) is 0.404. The summed E-state index contributed by atoms with van der Waals surface area (Å²) in [7, 11) is -7.30. The molecule has 0 bridgehead atoms. The number of nitrogens with zero attached hydrogens (tertiary/aromatic N) is 11. The lowest BCUT2D eigenvalue weighted by molar-refractivity contribution is -0.386. The highest BCUT2D eigenvalue weighted by atomic mass is 35.5. The average molecular weight is 1840 g/mol. The van der Waals surface area contributed by atoms with Crippen molar-refractivity contribution < 1.29 is 64.7 Å². The van der Waals surface area contributed by atoms with Gasteiger partial charge in [0.1, 0.15) is 59.7 Å². The van der Waals surface area contributed by atoms with Crippen molar-refractivity contribution in [2.75, 3.05) is 148 Å². The number of hydrogen-bond donors (Lipinski definition) is 4. The molecular formula is C94H105Cl2N15O16S2. The monoisotopic (exact) mass is 1830 g/mol. The number of likely N-dealkylation sites (N-methyl/N-ethyl adjacent to an activating group) is 1. The number of aromatic amines is 2. The van der Waals surface area contributed by atoms with Crippen LogP contribution in [0, 0.1) is 31.1 Å². The predicted octanol–water partition coefficient (Wildman–Crippen LogP) is 15.7. The van der Waals surface area contributed by atoms with Crippen LogP contribution in [-0.2, 0) is 20.0 Å². The zero-order chi connectivity index (χ0) is 90.0. The van der Waals surface area contributed by atoms with Crippen LogP contribution < -0.4 is 47.7 Å². The maximum Gasteiger partial charge on any atom is 0.316 e. The third-order valence-corrected chi connectivity index (χ3v) is 28.7. The summed E-state index contributed by atoms with van der Waals surface area (Å²) in [6.45, 7) is 23.6. The number of carbonyl (C=O) groups is 2. The zero-order valence-electron chi connectivity index (χ0n) is 72.7. The summed E-state index contributed by atoms with van der Waals surface area (Å²) in [5.74, 6) is -1.54. The lowest BCUT2D eigenvalue weighted by Crippen LogP contribution is -2.49. The van der Waals surface area contributed by atoms with Gasteiger partial charge >= 0.3 is 11.4 Å². The second-order valence-electron chi connectivity index (χ2n) is 36.1. The van der Waals surface area contributed by atoms with E-state index in [-0.39, 0.29) is 69.7 Å². The first-order chi connectivity index (χ1) is 61.9. The lowest BCUT2D eigenvalue weighted by atomic mass is 9.72. The topological polar surface area (TPSA) is 348 Å². The molecule has 4 N–H and O–H groups in total. The summed E-state index contributed by atoms with van der Waals surface area (Å²) in [4.78, 5) is 81.3. The third kappa shape index (κ3) is 21.2. The van der Waals surface area contributed by atoms with Crippen molar-refractivity contribution in [2.45, 2.75) is 107 Å². The average Bonchev–Trinajstić information content (AvgIpc) is 1.42. The number of nitro benzene ring substituents is 2. The molecule has 18 rings (SSSR count). The number of benzene rings is 6. The third-order valence-electron chi connectivity index (χ3n) is 25.6. The van der Waals surface area contributed by atoms with Crippen LogP contribution in [0.25, 0.3) is 33.2 Å². The number of halogens is 2. The van der Waals surface area contributed by atoms with E-state index >= 15 is 0 Å². The van der Waals surface area contributed by atoms with E-state index in [1.54, 1.807) is 48.8 Å². The number of piperidine rings is 1. The summed E-state index contributed by atoms with van der Waals surface area (Å²) in [6, 6.07) is 37.7. The van der Waals surface area contributed by atoms with Gasteiger partial charge in [-0.3, -0.25) is 49.4 Å². The number of rotatable bonds is 24. The Morgan fingerprint density at radius 3 is 1.33 bits per heavy atom. The van der Waals surface area contributed by atoms with Crippen molar-refractivity contribution >= 4 is 111 Å². The summed E-state index contributed by atoms with van der Waals surface area (Å²) >= 11 is 12.5. The number of nitrogens with one attached hydrogen (secondary N) is 4. The smallest absolute Gasteiger partial charge is 0.316 e. The van der Waals surface area contributed by atoms with E-state index in [0.29, 0.717) is 62.1 Å². The van der Waals surface area contributed by atoms with Gasteiger partial charge in [-0.05, 0) is 177 Å². The number of sulfonamides is 2. The number of nitro groups is 2. The van der Waals surface area contributed by atoms with Gasteiger partial charge in [0.15, 0.2) is 11.5 Å². The van der Waals surface area contributed by atoms with Crippen LogP contribution >= 0.6 is 23.2 Å². The molecule has 2 amide bonds. The number of piperazine rings is 3. The molecule has 678 valence electrons. The quantitative estimate of drug-likeness (QED) is 0.0322. The van der Waals surface area contributed by atoms with Gasteiger partial charge in [-0.2, -0.15) is 0 Å². The molecule has 8 aliphatic rings. The van der Waals surface area contributed by atoms with Crippen molar-refractivity contribution in [3.63, 3.8) is 0 Å². The van der Waals surface area contributed by atoms with Crippen LogP contribution in [0.15, 0.2) is 179 Å². The van der Waals surface area contributed by atoms with Gasteiger partial charge in [-0.1, -0.05) is 92.7 Å². The van der Waals surface area contributed by atoms with Gasteiger partial charge in [-0.25, -0.2) is 36.2 Å². The van der Waals surface area contributed by atoms with Gasteiger partial charge in [0.05, 0.1) is 43.2 Å². The van der Waals surface area contributed by atoms with E-state index in [4.69, 9.17) is 51.6 Å². The van der Waals surface area contributed by atoms with E-state index in [1.807, 2.05) is 36.4 Å². The molecule has 31 nitrogen and oxygen atoms in total. The number of hydrogen-bond acceptors (Lipinski definition) is 25. The van der Waals surface area contributed by atoms with E-state index < -0.39 is 75.1 Å². The minimum Gasteiger partial charge on any atom is -0.485 e. The largest absolute Gasteiger partial charge is 0.485 e. The summed E-state index contributed by atoms with van der Waals surface area (Å²) in [5.41, 5.74) is 10.2. The van der Waals surface area contributed by atoms with Gasteiger partial charge in [0, 0.05) is 186 Å². The van der Waals surface area contributed by atoms with Crippen LogP contribution in [0.3, 0.4) is 0 Å². The Bertz CT molecular complexity index is 6200. The maximum absolute atomic E-state index is 14.1. The summed E-state index contributed by atoms with van der Waals surface area (Å²) < 4.78 is 96.4. The number of carbonyl (C=O) groups excluding carboxylic acids is 2. The standard InChI is InChI=1S/C47H53ClN8O8S.C47H52ClN7O8S/c1-47(2)12-10-33(40(26-47)31-4-6-34(48)7-5-31)28-53-18-20-55(21-19-53)35-8-9-39(42(23-35)63-36-22-32-11-13-49-45(32)50-27-36)46(57)51-65(60,61)38-24-41(56(58)59)44-43(25-38)62-30-37(64-44)29-54-16-14-52(3)15-17-54;1-47(2)14-12-33(40(26-47)31-6-8-34(48)9-7-31)28-53-18-20-54(21-19-53)35-10-11-39(42(23-35)62-36-22-32-13-15-49-45(32)50-27-36)46(56)51-64(59,60)38-24-41(55(57)58)44-43(25-38)61-30-37(63-44)29-52-16-4-3-5-17-52/h4-9,11,13,22-25,27,37H,10,12,14-21,26,28-30H2,1-3H3,(H,49,50)(H,51,57);6-11,13,15,22-25,27,37H,3-5,12,14,16-21,26,28-30H2,1-2H3,(H,49,50)(H,51,56)/t2*37-/m01/s1. The molecule has 129 heavy (non-hydrogen) atoms. The molecule has 2 aliphatic carbocycles. The molecule has 10 aromatic rings. The van der Waals surface area contributed by atoms with Crippen molar-refractivity contribution in [2.24, 2.45) is 10.8 Å². The van der Waals surface area contributed by atoms with Gasteiger partial charge in [-0.15, -0.1) is 0 Å². The predicted molar refractivity (Wildman–Crippen MR) is 494 cm³/mol. The Labute approximate surface area is 759 Å². The maximum atomic E-state index is 14.1. The van der Waals surface area contributed by atoms with Gasteiger partial charge in [0.2, 0.25) is 11.5 Å². The molecule has 0 unspecified atom stereocenters. The number of amides is 2. The number of fused-ring (bicyclic) bond motifs is 4. The van der Waals surface area contributed by atoms with Gasteiger partial charge in [0.25, 0.3) is 31.9 Å². The van der Waals surface area contributed by atoms with E-state index in [1.165, 1.54) is 57.9 Å². The highest BCUT2D eigenvalue weighted by Crippen LogP contribution is 2.49. The van der Waals surface area contributed by atoms with Gasteiger partial charge < -0.3 is 53.1 Å². The van der Waals surface area contributed by atoms with Crippen molar-refractivity contribution in [3.8, 4) is 46.0 Å². The number of aromatic nitrogens is 4. The Hall–Kier alpha value is -11.4. The van der Waals surface area contributed by atoms with E-state index in [2.05, 4.69) is 123 Å². The summed E-state index contributed by atoms with van der Waals surface area (Å²) in [6.07, 6.45) is 15.2. The Morgan fingerprint density at radius 2 is 0.915 bits per heavy atom. The molecule has 0 saturated carbocycles. The highest BCUT2D eigenvalue weighted by Gasteiger charge is 2.39. The molecule has 0 spiro atoms. The number of pyridine rings is 2. The van der Waals surface area contributed by atoms with E-state index in [9.17, 15) is 46.7 Å². The Balaban J connectivity index is 0.000000181. The molecule has 4 aromatic heterocycles. The first-order valence-corrected chi connectivity index (χ1v) is 47.6. The number of likely N-dealkylation sites (tertiary alicyclic amines) is 1. The minimum atomic E-state index is -4.68. The molecular weight excluding hydrogens is 1730 g/mol. The van der Waals surface area contributed by atoms with Crippen molar-refractivity contribution in [1.29, 1.82) is 0 Å². The fourth-order valence-electron chi connectivity index (χ4n) is 18.3. The molecule has 4 saturated heterocycles. The highest BCUT2D eigenvalue weighted by molar-refractivity contribution is 7.90. The Morgan fingerprint density at radius 1 is 0.512 bits per heavy atom. The molecule has 6 aliphatic heterocycles. The van der Waals surface area contributed by atoms with Crippen LogP contribution in [0.5, 0.6) is 46.0 Å². The SMILES string of the molecule is CC1(C)CCC(CN2CCN(c3ccc(C(=O)NS(=O)(=O)c4cc5c(c([N+](=O)[O-])c4)O[C@H](CN4CCCCC4)CO5)c(Oc4cnc5[nH]ccc5c4)c3)CC2)=C(c2ccc(Cl)cc2)C1.CN1CCN(C[C@H]2COc3cc(S(=O)(=O)NC(=O)c4ccc(N5CCN(CC6=C(c7ccc(Cl)cc7)CC(C)(C)CC6)CC5)cc4Oc4cnc5[nH]ccc5c4)cc([N+](=O)[O-])c3O2)CC1. The van der Waals surface area contributed by atoms with Crippen molar-refractivity contribution in [3.05, 3.63) is 222 Å². The number of H-pyrrole nitrogens is 2. The number of allylic oxidation sites excluding steroid dienone is 2. The van der Waals surface area contributed by atoms with Crippen LogP contribution in [0.2, 0.25) is 10.0 Å². The van der Waals surface area contributed by atoms with Crippen LogP contribution in [0.1, 0.15) is 117 Å². The minimum absolute atomic E-state index is 0.0605. The summed E-state index contributed by atoms with van der Waals surface area (Å²) in [5, 5.41) is 27.6. The number of ether oxygens (including phenoxy) is 6. The molecule has 0 radical (unpaired) electrons. The molecule has 6 aromatic carbocycles. The Kier molecular flexibility index (Phi) is 26.4. The first kappa shape index (κ1) is 89.6. The second-order valence-corrected chi connectivity index (χ2v) is 40.4. The molecule has 2 atom stereocenters. The number of anilines is 2. The second kappa shape index (κ2) is 38.0. The first-order valence-electron chi connectivity index (χ1n) is 43.8.